The number of nitrogens with zero attached hydrogens (tertiary/aromatic N) is 2. The Bertz CT molecular complexity index is 603. The number of piperidine rings is 2. The Kier molecular flexibility index (Phi) is 6.89. The molecule has 0 radical (unpaired) electrons. The third-order valence-corrected chi connectivity index (χ3v) is 6.20. The Morgan fingerprint density at radius 2 is 1.88 bits per heavy atom. The molecule has 136 valence electrons. The summed E-state index contributed by atoms with van der Waals surface area (Å²) in [4.78, 5) is 13.8. The van der Waals surface area contributed by atoms with Crippen LogP contribution >= 0.6 is 12.2 Å². The Morgan fingerprint density at radius 3 is 2.32 bits per heavy atom. The van der Waals surface area contributed by atoms with Crippen LogP contribution in [0.15, 0.2) is 5.57 Å². The SMILES string of the molecule is CC1CCC2(CC1)C(=C=[N-])C(=S)NC(=O)C2C#N.C[NH+]1CCCCC1. The number of amides is 1. The lowest BCUT2D eigenvalue weighted by atomic mass is 9.59. The summed E-state index contributed by atoms with van der Waals surface area (Å²) in [6.45, 7) is 4.96. The lowest BCUT2D eigenvalue weighted by molar-refractivity contribution is -0.884. The Labute approximate surface area is 156 Å². The molecule has 5 nitrogen and oxygen atoms in total. The summed E-state index contributed by atoms with van der Waals surface area (Å²) in [5.41, 5.74) is -0.217. The van der Waals surface area contributed by atoms with Crippen LogP contribution in [0.2, 0.25) is 0 Å². The van der Waals surface area contributed by atoms with Crippen LogP contribution in [-0.2, 0) is 4.79 Å². The van der Waals surface area contributed by atoms with E-state index in [9.17, 15) is 15.5 Å². The number of nitrogens with one attached hydrogen (secondary N) is 2. The Hall–Kier alpha value is -1.54. The number of rotatable bonds is 0. The first-order chi connectivity index (χ1) is 11.9. The summed E-state index contributed by atoms with van der Waals surface area (Å²) >= 11 is 5.09. The maximum Gasteiger partial charge on any atom is 0.243 e. The first-order valence-corrected chi connectivity index (χ1v) is 9.69. The fourth-order valence-electron chi connectivity index (χ4n) is 4.18. The topological polar surface area (TPSA) is 79.6 Å². The van der Waals surface area contributed by atoms with Gasteiger partial charge in [0.15, 0.2) is 0 Å². The van der Waals surface area contributed by atoms with Crippen LogP contribution in [0.1, 0.15) is 51.9 Å². The maximum absolute atomic E-state index is 11.9. The standard InChI is InChI=1S/C13H14N3OS.C6H13N/c1-8-2-4-13(5-3-8)9(6-14)11(17)16-12(18)10(13)7-15;1-7-5-3-2-4-6-7/h8-9H,2-5H2,1H3,(H,16,17,18);2-6H2,1H3/q-1;/p+1. The maximum atomic E-state index is 11.9. The third-order valence-electron chi connectivity index (χ3n) is 5.89. The van der Waals surface area contributed by atoms with Gasteiger partial charge in [0.25, 0.3) is 0 Å². The van der Waals surface area contributed by atoms with E-state index in [4.69, 9.17) is 12.2 Å². The van der Waals surface area contributed by atoms with Gasteiger partial charge in [0, 0.05) is 11.0 Å². The zero-order chi connectivity index (χ0) is 18.4. The largest absolute Gasteiger partial charge is 0.763 e. The van der Waals surface area contributed by atoms with Crippen molar-refractivity contribution in [3.05, 3.63) is 11.0 Å². The number of quaternary nitrogens is 1. The van der Waals surface area contributed by atoms with Crippen molar-refractivity contribution in [2.24, 2.45) is 17.3 Å². The first kappa shape index (κ1) is 19.8. The molecule has 25 heavy (non-hydrogen) atoms. The van der Waals surface area contributed by atoms with Gasteiger partial charge in [-0.1, -0.05) is 19.1 Å². The van der Waals surface area contributed by atoms with Crippen LogP contribution in [0.4, 0.5) is 0 Å². The van der Waals surface area contributed by atoms with Gasteiger partial charge in [-0.15, -0.1) is 0 Å². The molecule has 2 N–H and O–H groups in total. The molecule has 3 fully saturated rings. The number of thiocarbonyl (C=S) groups is 1. The van der Waals surface area contributed by atoms with E-state index in [-0.39, 0.29) is 10.9 Å². The van der Waals surface area contributed by atoms with Gasteiger partial charge in [-0.3, -0.25) is 10.7 Å². The van der Waals surface area contributed by atoms with E-state index >= 15 is 0 Å². The summed E-state index contributed by atoms with van der Waals surface area (Å²) in [7, 11) is 2.28. The molecule has 1 saturated carbocycles. The highest BCUT2D eigenvalue weighted by Crippen LogP contribution is 2.50. The summed E-state index contributed by atoms with van der Waals surface area (Å²) < 4.78 is 0. The molecule has 0 aromatic carbocycles. The summed E-state index contributed by atoms with van der Waals surface area (Å²) in [6.07, 6.45) is 7.62. The Balaban J connectivity index is 0.000000269. The van der Waals surface area contributed by atoms with Crippen LogP contribution in [0, 0.1) is 28.6 Å². The molecular formula is C19H28N4OS. The van der Waals surface area contributed by atoms with Crippen molar-refractivity contribution in [2.75, 3.05) is 20.1 Å². The van der Waals surface area contributed by atoms with Crippen molar-refractivity contribution in [3.8, 4) is 6.07 Å². The monoisotopic (exact) mass is 360 g/mol. The van der Waals surface area contributed by atoms with E-state index in [1.54, 1.807) is 4.90 Å². The van der Waals surface area contributed by atoms with Crippen molar-refractivity contribution >= 4 is 29.0 Å². The zero-order valence-electron chi connectivity index (χ0n) is 15.2. The quantitative estimate of drug-likeness (QED) is 0.391. The van der Waals surface area contributed by atoms with Gasteiger partial charge in [-0.05, 0) is 50.9 Å². The average Bonchev–Trinajstić information content (AvgIpc) is 2.59. The predicted octanol–water partition coefficient (Wildman–Crippen LogP) is 1.63. The van der Waals surface area contributed by atoms with E-state index in [0.717, 1.165) is 12.8 Å². The minimum absolute atomic E-state index is 0.212. The van der Waals surface area contributed by atoms with Crippen LogP contribution in [0.3, 0.4) is 0 Å². The normalized spacial score (nSPS) is 32.9. The molecule has 2 saturated heterocycles. The minimum atomic E-state index is -0.786. The molecule has 1 amide bonds. The van der Waals surface area contributed by atoms with Crippen LogP contribution in [0.25, 0.3) is 5.41 Å². The third kappa shape index (κ3) is 4.36. The fraction of sp³-hybridized carbons (Fsp3) is 0.737. The highest BCUT2D eigenvalue weighted by molar-refractivity contribution is 7.80. The number of hydrogen-bond donors (Lipinski definition) is 2. The zero-order valence-corrected chi connectivity index (χ0v) is 16.0. The first-order valence-electron chi connectivity index (χ1n) is 9.28. The highest BCUT2D eigenvalue weighted by Gasteiger charge is 2.51. The van der Waals surface area contributed by atoms with Crippen LogP contribution in [-0.4, -0.2) is 36.9 Å². The number of carbonyl (C=O) groups excluding carboxylic acids is 1. The lowest BCUT2D eigenvalue weighted by Gasteiger charge is -2.46. The van der Waals surface area contributed by atoms with Crippen molar-refractivity contribution in [1.29, 1.82) is 5.26 Å². The molecule has 3 rings (SSSR count). The smallest absolute Gasteiger partial charge is 0.243 e. The van der Waals surface area contributed by atoms with Crippen molar-refractivity contribution < 1.29 is 9.69 Å². The molecule has 1 spiro atoms. The van der Waals surface area contributed by atoms with Crippen LogP contribution in [0.5, 0.6) is 0 Å². The fourth-order valence-corrected chi connectivity index (χ4v) is 4.53. The van der Waals surface area contributed by atoms with Gasteiger partial charge >= 0.3 is 0 Å². The van der Waals surface area contributed by atoms with Gasteiger partial charge in [0.2, 0.25) is 5.91 Å². The van der Waals surface area contributed by atoms with Gasteiger partial charge in [-0.25, -0.2) is 0 Å². The second-order valence-electron chi connectivity index (χ2n) is 7.72. The molecule has 1 unspecified atom stereocenters. The lowest BCUT2D eigenvalue weighted by Crippen LogP contribution is -3.09. The molecule has 0 aromatic heterocycles. The summed E-state index contributed by atoms with van der Waals surface area (Å²) in [5.74, 6) is 1.56. The van der Waals surface area contributed by atoms with E-state index in [0.29, 0.717) is 24.3 Å². The molecule has 1 aliphatic carbocycles. The van der Waals surface area contributed by atoms with Gasteiger partial charge < -0.3 is 15.6 Å². The number of nitriles is 1. The van der Waals surface area contributed by atoms with Crippen LogP contribution < -0.4 is 10.2 Å². The second kappa shape index (κ2) is 8.71. The number of likely N-dealkylation sites (tertiary alicyclic amines) is 1. The van der Waals surface area contributed by atoms with Crippen molar-refractivity contribution in [3.63, 3.8) is 0 Å². The molecular weight excluding hydrogens is 332 g/mol. The van der Waals surface area contributed by atoms with E-state index < -0.39 is 11.3 Å². The molecule has 6 heteroatoms. The predicted molar refractivity (Wildman–Crippen MR) is 102 cm³/mol. The minimum Gasteiger partial charge on any atom is -0.763 e. The molecule has 2 aliphatic heterocycles. The second-order valence-corrected chi connectivity index (χ2v) is 8.13. The van der Waals surface area contributed by atoms with Crippen molar-refractivity contribution in [2.45, 2.75) is 51.9 Å². The molecule has 2 heterocycles. The van der Waals surface area contributed by atoms with E-state index in [1.165, 1.54) is 32.4 Å². The van der Waals surface area contributed by atoms with E-state index in [1.807, 2.05) is 0 Å². The molecule has 1 atom stereocenters. The van der Waals surface area contributed by atoms with Gasteiger partial charge in [0.05, 0.1) is 26.2 Å². The molecule has 3 aliphatic rings. The molecule has 0 aromatic rings. The van der Waals surface area contributed by atoms with Crippen molar-refractivity contribution in [1.82, 2.24) is 5.32 Å². The number of carbonyl (C=O) groups is 1. The van der Waals surface area contributed by atoms with Gasteiger partial charge in [0.1, 0.15) is 10.9 Å². The highest BCUT2D eigenvalue weighted by atomic mass is 32.1. The Morgan fingerprint density at radius 1 is 1.28 bits per heavy atom. The average molecular weight is 361 g/mol. The molecule has 0 bridgehead atoms. The number of hydrogen-bond acceptors (Lipinski definition) is 3. The summed E-state index contributed by atoms with van der Waals surface area (Å²) in [6, 6.07) is 2.07. The summed E-state index contributed by atoms with van der Waals surface area (Å²) in [5, 5.41) is 21.1. The van der Waals surface area contributed by atoms with E-state index in [2.05, 4.69) is 31.2 Å². The van der Waals surface area contributed by atoms with Gasteiger partial charge in [-0.2, -0.15) is 5.26 Å².